The second-order valence-corrected chi connectivity index (χ2v) is 7.34. The molecule has 0 aliphatic carbocycles. The number of hydrogen-bond donors (Lipinski definition) is 0. The molecule has 3 heterocycles. The first kappa shape index (κ1) is 19.2. The van der Waals surface area contributed by atoms with Crippen molar-refractivity contribution in [2.24, 2.45) is 0 Å². The molecule has 2 aromatic rings. The summed E-state index contributed by atoms with van der Waals surface area (Å²) >= 11 is 0. The van der Waals surface area contributed by atoms with Crippen molar-refractivity contribution < 1.29 is 19.1 Å². The van der Waals surface area contributed by atoms with Crippen molar-refractivity contribution in [1.29, 1.82) is 0 Å². The number of amides is 2. The van der Waals surface area contributed by atoms with Gasteiger partial charge in [0.05, 0.1) is 19.5 Å². The largest absolute Gasteiger partial charge is 0.490 e. The molecule has 1 aromatic heterocycles. The van der Waals surface area contributed by atoms with Crippen molar-refractivity contribution >= 4 is 11.8 Å². The maximum absolute atomic E-state index is 13.0. The van der Waals surface area contributed by atoms with Gasteiger partial charge >= 0.3 is 0 Å². The van der Waals surface area contributed by atoms with Crippen molar-refractivity contribution in [2.45, 2.75) is 25.9 Å². The SMILES string of the molecule is COc1cncc(C(=O)N2CCCN(C(=O)c3ccc4c(c3)CC(C)O4)CC2)n1. The Balaban J connectivity index is 1.43. The molecule has 29 heavy (non-hydrogen) atoms. The van der Waals surface area contributed by atoms with Gasteiger partial charge in [-0.3, -0.25) is 14.6 Å². The van der Waals surface area contributed by atoms with E-state index < -0.39 is 0 Å². The molecule has 1 atom stereocenters. The van der Waals surface area contributed by atoms with E-state index >= 15 is 0 Å². The van der Waals surface area contributed by atoms with Gasteiger partial charge in [-0.1, -0.05) is 0 Å². The van der Waals surface area contributed by atoms with Crippen LogP contribution in [0.15, 0.2) is 30.6 Å². The molecule has 0 bridgehead atoms. The van der Waals surface area contributed by atoms with E-state index in [0.717, 1.165) is 17.7 Å². The van der Waals surface area contributed by atoms with E-state index in [9.17, 15) is 9.59 Å². The maximum atomic E-state index is 13.0. The minimum atomic E-state index is -0.200. The highest BCUT2D eigenvalue weighted by atomic mass is 16.5. The number of methoxy groups -OCH3 is 1. The number of fused-ring (bicyclic) bond motifs is 1. The summed E-state index contributed by atoms with van der Waals surface area (Å²) in [6.07, 6.45) is 4.57. The number of hydrogen-bond acceptors (Lipinski definition) is 6. The molecule has 0 saturated carbocycles. The standard InChI is InChI=1S/C21H24N4O4/c1-14-10-16-11-15(4-5-18(16)29-14)20(26)24-6-3-7-25(9-8-24)21(27)17-12-22-13-19(23-17)28-2/h4-5,11-14H,3,6-10H2,1-2H3. The Kier molecular flexibility index (Phi) is 5.33. The Labute approximate surface area is 169 Å². The predicted octanol–water partition coefficient (Wildman–Crippen LogP) is 1.80. The minimum Gasteiger partial charge on any atom is -0.490 e. The molecule has 2 amide bonds. The van der Waals surface area contributed by atoms with Crippen LogP contribution in [0.1, 0.15) is 39.8 Å². The van der Waals surface area contributed by atoms with Gasteiger partial charge < -0.3 is 19.3 Å². The summed E-state index contributed by atoms with van der Waals surface area (Å²) in [5.74, 6) is 0.954. The summed E-state index contributed by atoms with van der Waals surface area (Å²) in [5, 5.41) is 0. The van der Waals surface area contributed by atoms with Crippen LogP contribution in [0.3, 0.4) is 0 Å². The van der Waals surface area contributed by atoms with E-state index in [2.05, 4.69) is 9.97 Å². The van der Waals surface area contributed by atoms with E-state index in [4.69, 9.17) is 9.47 Å². The Morgan fingerprint density at radius 2 is 1.86 bits per heavy atom. The summed E-state index contributed by atoms with van der Waals surface area (Å²) in [4.78, 5) is 37.5. The molecular formula is C21H24N4O4. The van der Waals surface area contributed by atoms with Gasteiger partial charge in [0.25, 0.3) is 11.8 Å². The van der Waals surface area contributed by atoms with Gasteiger partial charge in [0.15, 0.2) is 5.69 Å². The molecule has 1 unspecified atom stereocenters. The predicted molar refractivity (Wildman–Crippen MR) is 105 cm³/mol. The minimum absolute atomic E-state index is 0.0113. The van der Waals surface area contributed by atoms with Gasteiger partial charge in [0, 0.05) is 38.2 Å². The monoisotopic (exact) mass is 396 g/mol. The van der Waals surface area contributed by atoms with Crippen LogP contribution in [0.25, 0.3) is 0 Å². The first-order valence-electron chi connectivity index (χ1n) is 9.79. The van der Waals surface area contributed by atoms with E-state index in [1.54, 1.807) is 4.90 Å². The van der Waals surface area contributed by atoms with Crippen LogP contribution in [-0.2, 0) is 6.42 Å². The Morgan fingerprint density at radius 3 is 2.62 bits per heavy atom. The number of ether oxygens (including phenoxy) is 2. The average molecular weight is 396 g/mol. The van der Waals surface area contributed by atoms with Gasteiger partial charge in [-0.15, -0.1) is 0 Å². The van der Waals surface area contributed by atoms with Gasteiger partial charge in [0.1, 0.15) is 11.9 Å². The van der Waals surface area contributed by atoms with Crippen LogP contribution in [-0.4, -0.2) is 71.0 Å². The normalized spacial score (nSPS) is 18.6. The van der Waals surface area contributed by atoms with Crippen LogP contribution in [0.5, 0.6) is 11.6 Å². The smallest absolute Gasteiger partial charge is 0.274 e. The summed E-state index contributed by atoms with van der Waals surface area (Å²) in [7, 11) is 1.49. The molecule has 152 valence electrons. The lowest BCUT2D eigenvalue weighted by Gasteiger charge is -2.22. The number of nitrogens with zero attached hydrogens (tertiary/aromatic N) is 4. The highest BCUT2D eigenvalue weighted by molar-refractivity contribution is 5.95. The second kappa shape index (κ2) is 8.06. The average Bonchev–Trinajstić information content (AvgIpc) is 2.95. The molecule has 4 rings (SSSR count). The maximum Gasteiger partial charge on any atom is 0.274 e. The fraction of sp³-hybridized carbons (Fsp3) is 0.429. The van der Waals surface area contributed by atoms with E-state index in [1.807, 2.05) is 30.0 Å². The van der Waals surface area contributed by atoms with Crippen LogP contribution in [0.2, 0.25) is 0 Å². The number of carbonyl (C=O) groups is 2. The topological polar surface area (TPSA) is 84.9 Å². The third-order valence-corrected chi connectivity index (χ3v) is 5.25. The molecule has 0 radical (unpaired) electrons. The zero-order valence-electron chi connectivity index (χ0n) is 16.6. The van der Waals surface area contributed by atoms with Gasteiger partial charge in [-0.25, -0.2) is 4.98 Å². The van der Waals surface area contributed by atoms with Crippen molar-refractivity contribution in [3.63, 3.8) is 0 Å². The van der Waals surface area contributed by atoms with Crippen molar-refractivity contribution in [3.8, 4) is 11.6 Å². The number of rotatable bonds is 3. The molecule has 0 spiro atoms. The highest BCUT2D eigenvalue weighted by Crippen LogP contribution is 2.29. The van der Waals surface area contributed by atoms with E-state index in [-0.39, 0.29) is 23.6 Å². The van der Waals surface area contributed by atoms with Crippen LogP contribution < -0.4 is 9.47 Å². The first-order valence-corrected chi connectivity index (χ1v) is 9.79. The van der Waals surface area contributed by atoms with Gasteiger partial charge in [-0.2, -0.15) is 0 Å². The fourth-order valence-corrected chi connectivity index (χ4v) is 3.77. The lowest BCUT2D eigenvalue weighted by molar-refractivity contribution is 0.0715. The molecule has 8 nitrogen and oxygen atoms in total. The Bertz CT molecular complexity index is 933. The third kappa shape index (κ3) is 4.01. The third-order valence-electron chi connectivity index (χ3n) is 5.25. The Hall–Kier alpha value is -3.16. The Morgan fingerprint density at radius 1 is 1.10 bits per heavy atom. The second-order valence-electron chi connectivity index (χ2n) is 7.34. The summed E-state index contributed by atoms with van der Waals surface area (Å²) in [6.45, 7) is 4.13. The molecule has 1 aromatic carbocycles. The molecule has 2 aliphatic heterocycles. The molecule has 0 N–H and O–H groups in total. The van der Waals surface area contributed by atoms with Crippen LogP contribution in [0.4, 0.5) is 0 Å². The zero-order valence-corrected chi connectivity index (χ0v) is 16.6. The van der Waals surface area contributed by atoms with Crippen molar-refractivity contribution in [3.05, 3.63) is 47.4 Å². The molecule has 1 saturated heterocycles. The van der Waals surface area contributed by atoms with Crippen LogP contribution >= 0.6 is 0 Å². The summed E-state index contributed by atoms with van der Waals surface area (Å²) in [5.41, 5.74) is 1.99. The number of carbonyl (C=O) groups excluding carboxylic acids is 2. The first-order chi connectivity index (χ1) is 14.0. The zero-order chi connectivity index (χ0) is 20.4. The number of benzene rings is 1. The highest BCUT2D eigenvalue weighted by Gasteiger charge is 2.26. The molecule has 1 fully saturated rings. The van der Waals surface area contributed by atoms with Gasteiger partial charge in [-0.05, 0) is 37.1 Å². The number of aromatic nitrogens is 2. The van der Waals surface area contributed by atoms with Crippen molar-refractivity contribution in [2.75, 3.05) is 33.3 Å². The molecule has 2 aliphatic rings. The van der Waals surface area contributed by atoms with Crippen molar-refractivity contribution in [1.82, 2.24) is 19.8 Å². The van der Waals surface area contributed by atoms with E-state index in [1.165, 1.54) is 19.5 Å². The lowest BCUT2D eigenvalue weighted by atomic mass is 10.1. The molecule has 8 heteroatoms. The summed E-state index contributed by atoms with van der Waals surface area (Å²) in [6, 6.07) is 5.63. The molecular weight excluding hydrogens is 372 g/mol. The lowest BCUT2D eigenvalue weighted by Crippen LogP contribution is -2.37. The fourth-order valence-electron chi connectivity index (χ4n) is 3.77. The summed E-state index contributed by atoms with van der Waals surface area (Å²) < 4.78 is 10.8. The van der Waals surface area contributed by atoms with Crippen LogP contribution in [0, 0.1) is 0 Å². The quantitative estimate of drug-likeness (QED) is 0.787. The van der Waals surface area contributed by atoms with E-state index in [0.29, 0.717) is 44.0 Å². The van der Waals surface area contributed by atoms with Gasteiger partial charge in [0.2, 0.25) is 5.88 Å².